The smallest absolute Gasteiger partial charge is 0.254 e. The highest BCUT2D eigenvalue weighted by Crippen LogP contribution is 2.21. The van der Waals surface area contributed by atoms with E-state index in [9.17, 15) is 4.79 Å². The van der Waals surface area contributed by atoms with Gasteiger partial charge in [0.25, 0.3) is 5.91 Å². The van der Waals surface area contributed by atoms with Crippen LogP contribution in [0.2, 0.25) is 0 Å². The summed E-state index contributed by atoms with van der Waals surface area (Å²) in [4.78, 5) is 20.3. The summed E-state index contributed by atoms with van der Waals surface area (Å²) in [7, 11) is 0. The van der Waals surface area contributed by atoms with Crippen molar-refractivity contribution in [2.75, 3.05) is 5.01 Å². The van der Waals surface area contributed by atoms with Gasteiger partial charge in [0.05, 0.1) is 12.1 Å². The average Bonchev–Trinajstić information content (AvgIpc) is 2.59. The molecule has 0 unspecified atom stereocenters. The van der Waals surface area contributed by atoms with Crippen molar-refractivity contribution in [3.8, 4) is 0 Å². The normalized spacial score (nSPS) is 15.7. The van der Waals surface area contributed by atoms with Crippen LogP contribution in [-0.2, 0) is 4.79 Å². The van der Waals surface area contributed by atoms with Crippen molar-refractivity contribution in [2.45, 2.75) is 34.1 Å². The fourth-order valence-electron chi connectivity index (χ4n) is 1.75. The minimum atomic E-state index is -0.0220. The van der Waals surface area contributed by atoms with E-state index < -0.39 is 0 Å². The molecule has 0 N–H and O–H groups in total. The summed E-state index contributed by atoms with van der Waals surface area (Å²) in [6.07, 6.45) is 0.389. The highest BCUT2D eigenvalue weighted by atomic mass is 16.2. The Kier molecular flexibility index (Phi) is 2.92. The first-order valence-corrected chi connectivity index (χ1v) is 5.70. The van der Waals surface area contributed by atoms with E-state index in [1.807, 2.05) is 27.7 Å². The van der Waals surface area contributed by atoms with Crippen molar-refractivity contribution in [3.63, 3.8) is 0 Å². The zero-order valence-corrected chi connectivity index (χ0v) is 10.6. The van der Waals surface area contributed by atoms with Crippen LogP contribution in [0.15, 0.2) is 11.2 Å². The van der Waals surface area contributed by atoms with Crippen LogP contribution in [0.3, 0.4) is 0 Å². The third-order valence-electron chi connectivity index (χ3n) is 2.63. The van der Waals surface area contributed by atoms with Crippen LogP contribution in [0, 0.1) is 19.8 Å². The van der Waals surface area contributed by atoms with E-state index >= 15 is 0 Å². The van der Waals surface area contributed by atoms with E-state index in [1.165, 1.54) is 5.01 Å². The average molecular weight is 232 g/mol. The largest absolute Gasteiger partial charge is 0.272 e. The van der Waals surface area contributed by atoms with E-state index in [0.717, 1.165) is 11.4 Å². The van der Waals surface area contributed by atoms with Crippen LogP contribution in [0.25, 0.3) is 0 Å². The second-order valence-corrected chi connectivity index (χ2v) is 4.54. The molecule has 2 heterocycles. The number of nitrogens with zero attached hydrogens (tertiary/aromatic N) is 4. The van der Waals surface area contributed by atoms with Crippen molar-refractivity contribution in [1.82, 2.24) is 9.97 Å². The van der Waals surface area contributed by atoms with Gasteiger partial charge in [-0.3, -0.25) is 4.79 Å². The lowest BCUT2D eigenvalue weighted by molar-refractivity contribution is -0.117. The number of carbonyl (C=O) groups excluding carboxylic acids is 1. The monoisotopic (exact) mass is 232 g/mol. The Morgan fingerprint density at radius 3 is 2.53 bits per heavy atom. The number of hydrogen-bond donors (Lipinski definition) is 0. The van der Waals surface area contributed by atoms with Crippen LogP contribution in [0.4, 0.5) is 5.82 Å². The topological polar surface area (TPSA) is 58.5 Å². The quantitative estimate of drug-likeness (QED) is 0.781. The van der Waals surface area contributed by atoms with E-state index in [-0.39, 0.29) is 11.8 Å². The van der Waals surface area contributed by atoms with Crippen LogP contribution < -0.4 is 5.01 Å². The molecule has 1 amide bonds. The number of rotatable bonds is 2. The molecule has 90 valence electrons. The maximum Gasteiger partial charge on any atom is 0.254 e. The van der Waals surface area contributed by atoms with Gasteiger partial charge in [0.2, 0.25) is 0 Å². The number of hydrazone groups is 1. The second kappa shape index (κ2) is 4.24. The molecule has 0 atom stereocenters. The molecule has 1 aromatic rings. The number of anilines is 1. The summed E-state index contributed by atoms with van der Waals surface area (Å²) in [5, 5.41) is 5.72. The van der Waals surface area contributed by atoms with Gasteiger partial charge in [-0.15, -0.1) is 0 Å². The van der Waals surface area contributed by atoms with Crippen LogP contribution >= 0.6 is 0 Å². The second-order valence-electron chi connectivity index (χ2n) is 4.54. The van der Waals surface area contributed by atoms with Crippen LogP contribution in [-0.4, -0.2) is 21.6 Å². The zero-order valence-electron chi connectivity index (χ0n) is 10.6. The molecule has 5 heteroatoms. The summed E-state index contributed by atoms with van der Waals surface area (Å²) in [5.74, 6) is 1.48. The lowest BCUT2D eigenvalue weighted by atomic mass is 10.1. The van der Waals surface area contributed by atoms with Crippen molar-refractivity contribution in [1.29, 1.82) is 0 Å². The molecule has 5 nitrogen and oxygen atoms in total. The van der Waals surface area contributed by atoms with Gasteiger partial charge < -0.3 is 0 Å². The van der Waals surface area contributed by atoms with E-state index in [4.69, 9.17) is 0 Å². The first-order chi connectivity index (χ1) is 7.97. The maximum atomic E-state index is 11.9. The third kappa shape index (κ3) is 2.33. The lowest BCUT2D eigenvalue weighted by Gasteiger charge is -2.11. The predicted octanol–water partition coefficient (Wildman–Crippen LogP) is 1.84. The molecule has 0 aliphatic carbocycles. The molecular formula is C12H16N4O. The first kappa shape index (κ1) is 11.7. The van der Waals surface area contributed by atoms with Gasteiger partial charge in [-0.1, -0.05) is 13.8 Å². The molecule has 0 aromatic carbocycles. The molecule has 0 saturated heterocycles. The van der Waals surface area contributed by atoms with Gasteiger partial charge in [-0.05, 0) is 19.8 Å². The Labute approximate surface area is 101 Å². The van der Waals surface area contributed by atoms with Gasteiger partial charge >= 0.3 is 0 Å². The third-order valence-corrected chi connectivity index (χ3v) is 2.63. The predicted molar refractivity (Wildman–Crippen MR) is 65.9 cm³/mol. The molecule has 1 aliphatic heterocycles. The van der Waals surface area contributed by atoms with Gasteiger partial charge in [-0.25, -0.2) is 9.97 Å². The zero-order chi connectivity index (χ0) is 12.6. The summed E-state index contributed by atoms with van der Waals surface area (Å²) in [6.45, 7) is 7.76. The minimum absolute atomic E-state index is 0.0220. The summed E-state index contributed by atoms with van der Waals surface area (Å²) >= 11 is 0. The molecule has 0 spiro atoms. The minimum Gasteiger partial charge on any atom is -0.272 e. The molecule has 0 radical (unpaired) electrons. The maximum absolute atomic E-state index is 11.9. The van der Waals surface area contributed by atoms with Crippen molar-refractivity contribution in [3.05, 3.63) is 17.6 Å². The molecule has 2 rings (SSSR count). The molecule has 0 fully saturated rings. The highest BCUT2D eigenvalue weighted by molar-refractivity contribution is 6.13. The molecule has 1 aliphatic rings. The van der Waals surface area contributed by atoms with E-state index in [0.29, 0.717) is 18.1 Å². The van der Waals surface area contributed by atoms with Crippen molar-refractivity contribution < 1.29 is 4.79 Å². The number of aryl methyl sites for hydroxylation is 2. The fraction of sp³-hybridized carbons (Fsp3) is 0.500. The number of amides is 1. The summed E-state index contributed by atoms with van der Waals surface area (Å²) in [5.41, 5.74) is 1.75. The Morgan fingerprint density at radius 2 is 2.00 bits per heavy atom. The van der Waals surface area contributed by atoms with Crippen LogP contribution in [0.1, 0.15) is 31.8 Å². The fourth-order valence-corrected chi connectivity index (χ4v) is 1.75. The SMILES string of the molecule is Cc1cc(N2N=C(C(C)C)CC2=O)nc(C)n1. The Morgan fingerprint density at radius 1 is 1.29 bits per heavy atom. The summed E-state index contributed by atoms with van der Waals surface area (Å²) < 4.78 is 0. The number of carbonyl (C=O) groups is 1. The summed E-state index contributed by atoms with van der Waals surface area (Å²) in [6, 6.07) is 1.78. The van der Waals surface area contributed by atoms with E-state index in [2.05, 4.69) is 15.1 Å². The Bertz CT molecular complexity index is 473. The lowest BCUT2D eigenvalue weighted by Crippen LogP contribution is -2.21. The molecular weight excluding hydrogens is 216 g/mol. The molecule has 1 aromatic heterocycles. The van der Waals surface area contributed by atoms with Crippen LogP contribution in [0.5, 0.6) is 0 Å². The van der Waals surface area contributed by atoms with Gasteiger partial charge in [0.1, 0.15) is 5.82 Å². The standard InChI is InChI=1S/C12H16N4O/c1-7(2)10-6-12(17)16(15-10)11-5-8(3)13-9(4)14-11/h5,7H,6H2,1-4H3. The van der Waals surface area contributed by atoms with Gasteiger partial charge in [0.15, 0.2) is 5.82 Å². The number of hydrogen-bond acceptors (Lipinski definition) is 4. The van der Waals surface area contributed by atoms with Gasteiger partial charge in [-0.2, -0.15) is 10.1 Å². The van der Waals surface area contributed by atoms with Crippen molar-refractivity contribution in [2.24, 2.45) is 11.0 Å². The van der Waals surface area contributed by atoms with Gasteiger partial charge in [0, 0.05) is 11.8 Å². The molecule has 0 bridgehead atoms. The Balaban J connectivity index is 2.37. The highest BCUT2D eigenvalue weighted by Gasteiger charge is 2.27. The number of aromatic nitrogens is 2. The molecule has 0 saturated carbocycles. The van der Waals surface area contributed by atoms with Crippen molar-refractivity contribution >= 4 is 17.4 Å². The first-order valence-electron chi connectivity index (χ1n) is 5.70. The Hall–Kier alpha value is -1.78. The van der Waals surface area contributed by atoms with E-state index in [1.54, 1.807) is 6.07 Å². The molecule has 17 heavy (non-hydrogen) atoms.